The molecule has 8 nitrogen and oxygen atoms in total. The van der Waals surface area contributed by atoms with E-state index in [-0.39, 0.29) is 42.3 Å². The first kappa shape index (κ1) is 27.8. The zero-order valence-corrected chi connectivity index (χ0v) is 24.1. The van der Waals surface area contributed by atoms with E-state index < -0.39 is 12.2 Å². The van der Waals surface area contributed by atoms with Crippen molar-refractivity contribution in [2.75, 3.05) is 20.1 Å². The maximum absolute atomic E-state index is 14.2. The summed E-state index contributed by atoms with van der Waals surface area (Å²) in [7, 11) is 1.75. The summed E-state index contributed by atoms with van der Waals surface area (Å²) in [5.41, 5.74) is 2.86. The third kappa shape index (κ3) is 5.57. The first-order valence-electron chi connectivity index (χ1n) is 13.9. The number of piperazine rings is 1. The van der Waals surface area contributed by atoms with Crippen molar-refractivity contribution in [3.63, 3.8) is 0 Å². The van der Waals surface area contributed by atoms with Crippen molar-refractivity contribution < 1.29 is 19.5 Å². The van der Waals surface area contributed by atoms with Crippen LogP contribution in [0.3, 0.4) is 0 Å². The second-order valence-electron chi connectivity index (χ2n) is 10.7. The number of phenols is 1. The third-order valence-corrected chi connectivity index (χ3v) is 8.85. The fourth-order valence-electron chi connectivity index (χ4n) is 5.89. The van der Waals surface area contributed by atoms with E-state index in [0.717, 1.165) is 27.5 Å². The van der Waals surface area contributed by atoms with Crippen molar-refractivity contribution in [2.24, 2.45) is 0 Å². The summed E-state index contributed by atoms with van der Waals surface area (Å²) >= 11 is 1.19. The molecule has 2 saturated heterocycles. The molecule has 2 fully saturated rings. The summed E-state index contributed by atoms with van der Waals surface area (Å²) in [6.07, 6.45) is -0.377. The summed E-state index contributed by atoms with van der Waals surface area (Å²) < 4.78 is 0. The van der Waals surface area contributed by atoms with E-state index in [4.69, 9.17) is 0 Å². The zero-order valence-electron chi connectivity index (χ0n) is 23.3. The number of benzene rings is 4. The monoisotopic (exact) mass is 580 g/mol. The predicted molar refractivity (Wildman–Crippen MR) is 163 cm³/mol. The van der Waals surface area contributed by atoms with E-state index in [2.05, 4.69) is 0 Å². The molecular formula is C33H32N4O4S. The van der Waals surface area contributed by atoms with Gasteiger partial charge in [-0.05, 0) is 39.6 Å². The van der Waals surface area contributed by atoms with Crippen LogP contribution in [0.5, 0.6) is 5.75 Å². The number of phenolic OH excluding ortho intramolecular Hbond substituents is 1. The van der Waals surface area contributed by atoms with Crippen molar-refractivity contribution in [1.82, 2.24) is 19.8 Å². The minimum Gasteiger partial charge on any atom is -0.508 e. The Kier molecular flexibility index (Phi) is 7.86. The van der Waals surface area contributed by atoms with Crippen LogP contribution in [0.1, 0.15) is 16.7 Å². The molecule has 1 N–H and O–H groups in total. The molecule has 4 aromatic rings. The topological polar surface area (TPSA) is 84.4 Å². The molecule has 0 aromatic heterocycles. The Labute approximate surface area is 249 Å². The van der Waals surface area contributed by atoms with E-state index in [1.54, 1.807) is 51.1 Å². The van der Waals surface area contributed by atoms with Gasteiger partial charge in [0.15, 0.2) is 0 Å². The lowest BCUT2D eigenvalue weighted by Crippen LogP contribution is -2.75. The van der Waals surface area contributed by atoms with Crippen LogP contribution in [0.4, 0.5) is 4.79 Å². The number of hydrogen-bond donors (Lipinski definition) is 1. The number of nitrogens with zero attached hydrogens (tertiary/aromatic N) is 4. The number of amides is 3. The Balaban J connectivity index is 1.34. The van der Waals surface area contributed by atoms with E-state index in [0.29, 0.717) is 12.3 Å². The van der Waals surface area contributed by atoms with Crippen LogP contribution in [0, 0.1) is 0 Å². The molecular weight excluding hydrogens is 548 g/mol. The van der Waals surface area contributed by atoms with Gasteiger partial charge in [0.1, 0.15) is 18.0 Å². The van der Waals surface area contributed by atoms with Crippen LogP contribution in [0.25, 0.3) is 10.8 Å². The Morgan fingerprint density at radius 3 is 2.38 bits per heavy atom. The molecule has 2 aliphatic rings. The van der Waals surface area contributed by atoms with E-state index in [1.807, 2.05) is 72.8 Å². The summed E-state index contributed by atoms with van der Waals surface area (Å²) in [6.45, 7) is 0.548. The first-order chi connectivity index (χ1) is 20.4. The van der Waals surface area contributed by atoms with Crippen molar-refractivity contribution in [3.05, 3.63) is 114 Å². The molecule has 4 aromatic carbocycles. The van der Waals surface area contributed by atoms with Crippen LogP contribution in [-0.2, 0) is 28.3 Å². The summed E-state index contributed by atoms with van der Waals surface area (Å²) in [4.78, 5) is 44.9. The SMILES string of the molecule is CN1CC(=O)N2[C@@H](Cc3ccc(O)cc3)C(=O)N(Cc3cccc4ccccc34)C[C@@H]2N1C(=O)SCc1ccccc1. The second-order valence-corrected chi connectivity index (χ2v) is 11.7. The smallest absolute Gasteiger partial charge is 0.298 e. The van der Waals surface area contributed by atoms with Crippen LogP contribution < -0.4 is 0 Å². The molecule has 42 heavy (non-hydrogen) atoms. The van der Waals surface area contributed by atoms with Crippen molar-refractivity contribution in [2.45, 2.75) is 30.9 Å². The standard InChI is InChI=1S/C33H32N4O4S/c1-34-21-31(39)36-29(18-23-14-16-27(38)17-15-23)32(40)35(19-26-12-7-11-25-10-5-6-13-28(25)26)20-30(36)37(34)33(41)42-22-24-8-3-2-4-9-24/h2-17,29-30,38H,18-22H2,1H3/t29-,30-/m0/s1. The fourth-order valence-corrected chi connectivity index (χ4v) is 6.77. The number of hydrogen-bond acceptors (Lipinski definition) is 6. The van der Waals surface area contributed by atoms with Crippen molar-refractivity contribution >= 4 is 39.6 Å². The van der Waals surface area contributed by atoms with Gasteiger partial charge in [-0.3, -0.25) is 14.4 Å². The molecule has 0 radical (unpaired) electrons. The Hall–Kier alpha value is -4.34. The molecule has 2 atom stereocenters. The largest absolute Gasteiger partial charge is 0.508 e. The number of thioether (sulfide) groups is 1. The average Bonchev–Trinajstić information content (AvgIpc) is 2.99. The number of aromatic hydroxyl groups is 1. The third-order valence-electron chi connectivity index (χ3n) is 7.94. The molecule has 9 heteroatoms. The number of carbonyl (C=O) groups is 3. The molecule has 0 bridgehead atoms. The highest BCUT2D eigenvalue weighted by molar-refractivity contribution is 8.12. The zero-order chi connectivity index (χ0) is 29.2. The summed E-state index contributed by atoms with van der Waals surface area (Å²) in [5, 5.41) is 15.1. The quantitative estimate of drug-likeness (QED) is 0.351. The second kappa shape index (κ2) is 11.9. The lowest BCUT2D eigenvalue weighted by atomic mass is 9.97. The van der Waals surface area contributed by atoms with Crippen LogP contribution in [0.15, 0.2) is 97.1 Å². The highest BCUT2D eigenvalue weighted by Gasteiger charge is 2.50. The number of carbonyl (C=O) groups excluding carboxylic acids is 3. The lowest BCUT2D eigenvalue weighted by Gasteiger charge is -2.54. The maximum Gasteiger partial charge on any atom is 0.298 e. The summed E-state index contributed by atoms with van der Waals surface area (Å²) in [6, 6.07) is 29.8. The van der Waals surface area contributed by atoms with E-state index in [1.165, 1.54) is 11.8 Å². The Morgan fingerprint density at radius 1 is 0.881 bits per heavy atom. The lowest BCUT2D eigenvalue weighted by molar-refractivity contribution is -0.185. The molecule has 2 heterocycles. The molecule has 214 valence electrons. The number of likely N-dealkylation sites (N-methyl/N-ethyl adjacent to an activating group) is 1. The normalized spacial score (nSPS) is 19.3. The minimum atomic E-state index is -0.793. The van der Waals surface area contributed by atoms with Crippen LogP contribution >= 0.6 is 11.8 Å². The average molecular weight is 581 g/mol. The van der Waals surface area contributed by atoms with Crippen LogP contribution in [-0.4, -0.2) is 74.3 Å². The molecule has 2 aliphatic heterocycles. The van der Waals surface area contributed by atoms with Gasteiger partial charge < -0.3 is 14.9 Å². The van der Waals surface area contributed by atoms with Gasteiger partial charge in [0.2, 0.25) is 11.8 Å². The van der Waals surface area contributed by atoms with E-state index >= 15 is 0 Å². The number of rotatable bonds is 6. The molecule has 0 spiro atoms. The fraction of sp³-hybridized carbons (Fsp3) is 0.242. The van der Waals surface area contributed by atoms with Gasteiger partial charge in [-0.25, -0.2) is 10.0 Å². The molecule has 3 amide bonds. The highest BCUT2D eigenvalue weighted by atomic mass is 32.2. The Bertz CT molecular complexity index is 1610. The van der Waals surface area contributed by atoms with Gasteiger partial charge >= 0.3 is 0 Å². The molecule has 6 rings (SSSR count). The van der Waals surface area contributed by atoms with Crippen molar-refractivity contribution in [3.8, 4) is 5.75 Å². The minimum absolute atomic E-state index is 0.00316. The summed E-state index contributed by atoms with van der Waals surface area (Å²) in [5.74, 6) is 0.281. The van der Waals surface area contributed by atoms with Gasteiger partial charge in [-0.15, -0.1) is 0 Å². The number of hydrazine groups is 1. The van der Waals surface area contributed by atoms with Gasteiger partial charge in [0, 0.05) is 25.8 Å². The number of fused-ring (bicyclic) bond motifs is 2. The van der Waals surface area contributed by atoms with Crippen LogP contribution in [0.2, 0.25) is 0 Å². The van der Waals surface area contributed by atoms with Crippen molar-refractivity contribution in [1.29, 1.82) is 0 Å². The van der Waals surface area contributed by atoms with Gasteiger partial charge in [0.05, 0.1) is 13.1 Å². The molecule has 0 saturated carbocycles. The van der Waals surface area contributed by atoms with Gasteiger partial charge in [0.25, 0.3) is 5.24 Å². The molecule has 0 unspecified atom stereocenters. The van der Waals surface area contributed by atoms with E-state index in [9.17, 15) is 19.5 Å². The Morgan fingerprint density at radius 2 is 1.60 bits per heavy atom. The molecule has 0 aliphatic carbocycles. The predicted octanol–water partition coefficient (Wildman–Crippen LogP) is 4.87. The first-order valence-corrected chi connectivity index (χ1v) is 14.9. The maximum atomic E-state index is 14.2. The van der Waals surface area contributed by atoms with Gasteiger partial charge in [-0.2, -0.15) is 0 Å². The highest BCUT2D eigenvalue weighted by Crippen LogP contribution is 2.32. The van der Waals surface area contributed by atoms with Gasteiger partial charge in [-0.1, -0.05) is 96.7 Å².